The number of nitrogens with zero attached hydrogens (tertiary/aromatic N) is 2. The molecule has 2 aromatic rings. The Kier molecular flexibility index (Phi) is 3.47. The molecule has 0 radical (unpaired) electrons. The molecule has 0 aliphatic rings. The van der Waals surface area contributed by atoms with Crippen molar-refractivity contribution in [3.05, 3.63) is 48.2 Å². The molecule has 0 unspecified atom stereocenters. The Hall–Kier alpha value is -2.50. The Morgan fingerprint density at radius 3 is 2.78 bits per heavy atom. The zero-order valence-corrected chi connectivity index (χ0v) is 9.55. The highest BCUT2D eigenvalue weighted by atomic mass is 19.1. The van der Waals surface area contributed by atoms with Crippen molar-refractivity contribution in [2.45, 2.75) is 0 Å². The molecular weight excluding hydrogens is 237 g/mol. The van der Waals surface area contributed by atoms with Gasteiger partial charge in [-0.25, -0.2) is 19.2 Å². The molecule has 0 atom stereocenters. The first kappa shape index (κ1) is 12.0. The maximum atomic E-state index is 12.9. The molecule has 0 fully saturated rings. The van der Waals surface area contributed by atoms with Gasteiger partial charge in [0.25, 0.3) is 0 Å². The number of hydrogen-bond acceptors (Lipinski definition) is 5. The van der Waals surface area contributed by atoms with E-state index in [2.05, 4.69) is 20.0 Å². The molecule has 5 nitrogen and oxygen atoms in total. The van der Waals surface area contributed by atoms with Crippen LogP contribution in [0, 0.1) is 5.82 Å². The van der Waals surface area contributed by atoms with Gasteiger partial charge in [0.15, 0.2) is 5.69 Å². The Morgan fingerprint density at radius 1 is 1.33 bits per heavy atom. The number of methoxy groups -OCH3 is 1. The van der Waals surface area contributed by atoms with Crippen LogP contribution in [0.1, 0.15) is 10.5 Å². The fourth-order valence-corrected chi connectivity index (χ4v) is 1.32. The smallest absolute Gasteiger partial charge is 0.358 e. The third-order valence-electron chi connectivity index (χ3n) is 2.14. The van der Waals surface area contributed by atoms with Gasteiger partial charge in [-0.15, -0.1) is 0 Å². The van der Waals surface area contributed by atoms with Gasteiger partial charge in [-0.3, -0.25) is 0 Å². The minimum atomic E-state index is -0.556. The van der Waals surface area contributed by atoms with E-state index >= 15 is 0 Å². The van der Waals surface area contributed by atoms with E-state index in [-0.39, 0.29) is 11.5 Å². The highest BCUT2D eigenvalue weighted by molar-refractivity contribution is 5.86. The van der Waals surface area contributed by atoms with Crippen molar-refractivity contribution in [2.75, 3.05) is 12.4 Å². The lowest BCUT2D eigenvalue weighted by Crippen LogP contribution is -2.05. The number of halogens is 1. The lowest BCUT2D eigenvalue weighted by Gasteiger charge is -2.05. The normalized spacial score (nSPS) is 9.89. The van der Waals surface area contributed by atoms with Crippen LogP contribution in [-0.4, -0.2) is 23.0 Å². The maximum Gasteiger partial charge on any atom is 0.358 e. The van der Waals surface area contributed by atoms with Gasteiger partial charge in [0.2, 0.25) is 0 Å². The zero-order chi connectivity index (χ0) is 13.0. The molecule has 18 heavy (non-hydrogen) atoms. The molecule has 0 saturated carbocycles. The molecule has 1 heterocycles. The van der Waals surface area contributed by atoms with E-state index < -0.39 is 5.97 Å². The fourth-order valence-electron chi connectivity index (χ4n) is 1.32. The summed E-state index contributed by atoms with van der Waals surface area (Å²) in [6.45, 7) is 0. The van der Waals surface area contributed by atoms with Crippen LogP contribution < -0.4 is 5.32 Å². The molecule has 0 amide bonds. The predicted octanol–water partition coefficient (Wildman–Crippen LogP) is 2.15. The molecule has 2 rings (SSSR count). The van der Waals surface area contributed by atoms with E-state index in [1.807, 2.05) is 0 Å². The highest BCUT2D eigenvalue weighted by Gasteiger charge is 2.07. The summed E-state index contributed by atoms with van der Waals surface area (Å²) in [5, 5.41) is 2.86. The average molecular weight is 247 g/mol. The Labute approximate surface area is 103 Å². The monoisotopic (exact) mass is 247 g/mol. The van der Waals surface area contributed by atoms with Crippen molar-refractivity contribution in [1.29, 1.82) is 0 Å². The SMILES string of the molecule is COC(=O)c1cnc(Nc2cccc(F)c2)cn1. The molecule has 0 bridgehead atoms. The molecule has 0 aliphatic carbocycles. The summed E-state index contributed by atoms with van der Waals surface area (Å²) in [5.41, 5.74) is 0.664. The van der Waals surface area contributed by atoms with E-state index in [9.17, 15) is 9.18 Å². The number of nitrogens with one attached hydrogen (secondary N) is 1. The largest absolute Gasteiger partial charge is 0.464 e. The third-order valence-corrected chi connectivity index (χ3v) is 2.14. The quantitative estimate of drug-likeness (QED) is 0.842. The Bertz CT molecular complexity index is 558. The standard InChI is InChI=1S/C12H10FN3O2/c1-18-12(17)10-6-15-11(7-14-10)16-9-4-2-3-8(13)5-9/h2-7H,1H3,(H,15,16). The summed E-state index contributed by atoms with van der Waals surface area (Å²) < 4.78 is 17.4. The van der Waals surface area contributed by atoms with Crippen molar-refractivity contribution in [3.8, 4) is 0 Å². The van der Waals surface area contributed by atoms with Gasteiger partial charge in [-0.05, 0) is 18.2 Å². The molecule has 92 valence electrons. The zero-order valence-electron chi connectivity index (χ0n) is 9.55. The van der Waals surface area contributed by atoms with Crippen molar-refractivity contribution < 1.29 is 13.9 Å². The molecule has 0 spiro atoms. The van der Waals surface area contributed by atoms with Crippen LogP contribution in [0.3, 0.4) is 0 Å². The van der Waals surface area contributed by atoms with E-state index in [4.69, 9.17) is 0 Å². The van der Waals surface area contributed by atoms with Gasteiger partial charge in [0.1, 0.15) is 11.6 Å². The van der Waals surface area contributed by atoms with Gasteiger partial charge < -0.3 is 10.1 Å². The summed E-state index contributed by atoms with van der Waals surface area (Å²) in [4.78, 5) is 19.0. The number of esters is 1. The van der Waals surface area contributed by atoms with E-state index in [1.165, 1.54) is 31.6 Å². The number of carbonyl (C=O) groups excluding carboxylic acids is 1. The van der Waals surface area contributed by atoms with Crippen LogP contribution in [0.25, 0.3) is 0 Å². The number of benzene rings is 1. The van der Waals surface area contributed by atoms with Crippen molar-refractivity contribution in [3.63, 3.8) is 0 Å². The predicted molar refractivity (Wildman–Crippen MR) is 63.1 cm³/mol. The lowest BCUT2D eigenvalue weighted by atomic mass is 10.3. The van der Waals surface area contributed by atoms with Crippen molar-refractivity contribution >= 4 is 17.5 Å². The molecule has 1 N–H and O–H groups in total. The number of hydrogen-bond donors (Lipinski definition) is 1. The van der Waals surface area contributed by atoms with Crippen LogP contribution in [-0.2, 0) is 4.74 Å². The number of anilines is 2. The van der Waals surface area contributed by atoms with Gasteiger partial charge in [-0.2, -0.15) is 0 Å². The molecular formula is C12H10FN3O2. The molecule has 6 heteroatoms. The highest BCUT2D eigenvalue weighted by Crippen LogP contribution is 2.14. The van der Waals surface area contributed by atoms with E-state index in [1.54, 1.807) is 12.1 Å². The second kappa shape index (κ2) is 5.22. The van der Waals surface area contributed by atoms with E-state index in [0.717, 1.165) is 0 Å². The lowest BCUT2D eigenvalue weighted by molar-refractivity contribution is 0.0593. The first-order chi connectivity index (χ1) is 8.69. The van der Waals surface area contributed by atoms with Crippen LogP contribution in [0.15, 0.2) is 36.7 Å². The topological polar surface area (TPSA) is 64.1 Å². The van der Waals surface area contributed by atoms with Crippen LogP contribution >= 0.6 is 0 Å². The summed E-state index contributed by atoms with van der Waals surface area (Å²) in [7, 11) is 1.27. The van der Waals surface area contributed by atoms with Gasteiger partial charge in [0.05, 0.1) is 19.5 Å². The van der Waals surface area contributed by atoms with Crippen LogP contribution in [0.2, 0.25) is 0 Å². The first-order valence-electron chi connectivity index (χ1n) is 5.12. The van der Waals surface area contributed by atoms with Crippen molar-refractivity contribution in [1.82, 2.24) is 9.97 Å². The second-order valence-corrected chi connectivity index (χ2v) is 3.41. The average Bonchev–Trinajstić information content (AvgIpc) is 2.39. The summed E-state index contributed by atoms with van der Waals surface area (Å²) in [6, 6.07) is 5.94. The van der Waals surface area contributed by atoms with E-state index in [0.29, 0.717) is 11.5 Å². The number of ether oxygens (including phenoxy) is 1. The molecule has 1 aromatic heterocycles. The molecule has 0 aliphatic heterocycles. The van der Waals surface area contributed by atoms with Gasteiger partial charge in [-0.1, -0.05) is 6.07 Å². The summed E-state index contributed by atoms with van der Waals surface area (Å²) in [6.07, 6.45) is 2.66. The minimum Gasteiger partial charge on any atom is -0.464 e. The van der Waals surface area contributed by atoms with Crippen molar-refractivity contribution in [2.24, 2.45) is 0 Å². The second-order valence-electron chi connectivity index (χ2n) is 3.41. The maximum absolute atomic E-state index is 12.9. The van der Waals surface area contributed by atoms with Crippen LogP contribution in [0.4, 0.5) is 15.9 Å². The summed E-state index contributed by atoms with van der Waals surface area (Å²) >= 11 is 0. The van der Waals surface area contributed by atoms with Crippen LogP contribution in [0.5, 0.6) is 0 Å². The third kappa shape index (κ3) is 2.79. The number of carbonyl (C=O) groups is 1. The number of aromatic nitrogens is 2. The molecule has 1 aromatic carbocycles. The Balaban J connectivity index is 2.13. The van der Waals surface area contributed by atoms with Gasteiger partial charge in [0, 0.05) is 5.69 Å². The first-order valence-corrected chi connectivity index (χ1v) is 5.12. The minimum absolute atomic E-state index is 0.113. The summed E-state index contributed by atoms with van der Waals surface area (Å²) in [5.74, 6) is -0.493. The molecule has 0 saturated heterocycles. The fraction of sp³-hybridized carbons (Fsp3) is 0.0833. The van der Waals surface area contributed by atoms with Gasteiger partial charge >= 0.3 is 5.97 Å². The Morgan fingerprint density at radius 2 is 2.17 bits per heavy atom. The number of rotatable bonds is 3.